The van der Waals surface area contributed by atoms with Crippen LogP contribution < -0.4 is 10.6 Å². The molecule has 1 aromatic carbocycles. The lowest BCUT2D eigenvalue weighted by Gasteiger charge is -2.30. The fraction of sp³-hybridized carbons (Fsp3) is 0.533. The molecule has 0 amide bonds. The van der Waals surface area contributed by atoms with Crippen LogP contribution in [-0.4, -0.2) is 31.7 Å². The minimum Gasteiger partial charge on any atom is -0.465 e. The molecule has 0 aromatic heterocycles. The van der Waals surface area contributed by atoms with Gasteiger partial charge in [-0.05, 0) is 50.9 Å². The summed E-state index contributed by atoms with van der Waals surface area (Å²) in [6.07, 6.45) is 1.96. The Bertz CT molecular complexity index is 505. The predicted molar refractivity (Wildman–Crippen MR) is 76.6 cm³/mol. The van der Waals surface area contributed by atoms with Gasteiger partial charge in [0.2, 0.25) is 0 Å². The van der Waals surface area contributed by atoms with Crippen molar-refractivity contribution in [1.82, 2.24) is 5.32 Å². The quantitative estimate of drug-likeness (QED) is 0.835. The zero-order valence-corrected chi connectivity index (χ0v) is 12.1. The molecule has 1 aliphatic heterocycles. The van der Waals surface area contributed by atoms with Crippen LogP contribution in [0, 0.1) is 12.7 Å². The number of benzene rings is 1. The molecular formula is C15H21FN2O2. The maximum absolute atomic E-state index is 13.7. The number of halogens is 1. The van der Waals surface area contributed by atoms with Crippen molar-refractivity contribution in [3.05, 3.63) is 29.1 Å². The van der Waals surface area contributed by atoms with Gasteiger partial charge in [-0.25, -0.2) is 9.18 Å². The van der Waals surface area contributed by atoms with Gasteiger partial charge in [0, 0.05) is 17.8 Å². The van der Waals surface area contributed by atoms with E-state index in [0.717, 1.165) is 24.9 Å². The van der Waals surface area contributed by atoms with Gasteiger partial charge in [-0.2, -0.15) is 0 Å². The van der Waals surface area contributed by atoms with Gasteiger partial charge in [0.1, 0.15) is 5.82 Å². The molecule has 2 unspecified atom stereocenters. The van der Waals surface area contributed by atoms with E-state index in [2.05, 4.69) is 17.6 Å². The summed E-state index contributed by atoms with van der Waals surface area (Å²) in [5.41, 5.74) is 1.67. The minimum atomic E-state index is -0.510. The summed E-state index contributed by atoms with van der Waals surface area (Å²) in [4.78, 5) is 11.7. The molecule has 0 aliphatic carbocycles. The molecule has 4 nitrogen and oxygen atoms in total. The van der Waals surface area contributed by atoms with Crippen molar-refractivity contribution >= 4 is 11.7 Å². The fourth-order valence-electron chi connectivity index (χ4n) is 2.63. The molecule has 110 valence electrons. The van der Waals surface area contributed by atoms with Crippen LogP contribution in [0.4, 0.5) is 10.1 Å². The predicted octanol–water partition coefficient (Wildman–Crippen LogP) is 2.47. The number of hydrogen-bond acceptors (Lipinski definition) is 4. The van der Waals surface area contributed by atoms with Crippen molar-refractivity contribution < 1.29 is 13.9 Å². The number of carbonyl (C=O) groups is 1. The third kappa shape index (κ3) is 3.28. The highest BCUT2D eigenvalue weighted by atomic mass is 19.1. The summed E-state index contributed by atoms with van der Waals surface area (Å²) in [7, 11) is 1.30. The number of nitrogens with one attached hydrogen (secondary N) is 2. The van der Waals surface area contributed by atoms with E-state index < -0.39 is 11.8 Å². The van der Waals surface area contributed by atoms with Gasteiger partial charge < -0.3 is 15.4 Å². The van der Waals surface area contributed by atoms with Gasteiger partial charge in [0.15, 0.2) is 0 Å². The number of piperidine rings is 1. The Hall–Kier alpha value is -1.62. The van der Waals surface area contributed by atoms with Gasteiger partial charge in [-0.1, -0.05) is 0 Å². The zero-order valence-electron chi connectivity index (χ0n) is 12.1. The molecule has 2 rings (SSSR count). The highest BCUT2D eigenvalue weighted by molar-refractivity contribution is 5.92. The van der Waals surface area contributed by atoms with E-state index in [9.17, 15) is 9.18 Å². The molecule has 1 aliphatic rings. The van der Waals surface area contributed by atoms with E-state index >= 15 is 0 Å². The highest BCUT2D eigenvalue weighted by Gasteiger charge is 2.20. The molecule has 2 atom stereocenters. The maximum Gasteiger partial charge on any atom is 0.338 e. The van der Waals surface area contributed by atoms with Gasteiger partial charge in [0.05, 0.1) is 12.7 Å². The first-order chi connectivity index (χ1) is 9.51. The second-order valence-electron chi connectivity index (χ2n) is 5.34. The van der Waals surface area contributed by atoms with Crippen LogP contribution in [-0.2, 0) is 4.74 Å². The van der Waals surface area contributed by atoms with Crippen molar-refractivity contribution in [3.8, 4) is 0 Å². The van der Waals surface area contributed by atoms with Crippen LogP contribution in [0.25, 0.3) is 0 Å². The van der Waals surface area contributed by atoms with E-state index in [4.69, 9.17) is 4.74 Å². The third-order valence-corrected chi connectivity index (χ3v) is 3.76. The summed E-state index contributed by atoms with van der Waals surface area (Å²) in [6, 6.07) is 3.39. The standard InChI is InChI=1S/C15H21FN2O2/c1-9-6-12(4-5-17-9)18-14-8-11(16)7-13(10(14)2)15(19)20-3/h7-9,12,17-18H,4-6H2,1-3H3. The van der Waals surface area contributed by atoms with E-state index in [1.807, 2.05) is 0 Å². The van der Waals surface area contributed by atoms with E-state index in [0.29, 0.717) is 11.7 Å². The number of esters is 1. The molecule has 1 heterocycles. The molecule has 2 N–H and O–H groups in total. The molecule has 0 bridgehead atoms. The summed E-state index contributed by atoms with van der Waals surface area (Å²) in [5.74, 6) is -0.941. The first-order valence-corrected chi connectivity index (χ1v) is 6.89. The number of methoxy groups -OCH3 is 1. The molecule has 1 fully saturated rings. The van der Waals surface area contributed by atoms with Crippen molar-refractivity contribution in [1.29, 1.82) is 0 Å². The largest absolute Gasteiger partial charge is 0.465 e. The third-order valence-electron chi connectivity index (χ3n) is 3.76. The van der Waals surface area contributed by atoms with Crippen LogP contribution in [0.1, 0.15) is 35.7 Å². The molecule has 0 radical (unpaired) electrons. The molecule has 5 heteroatoms. The van der Waals surface area contributed by atoms with Gasteiger partial charge in [-0.3, -0.25) is 0 Å². The van der Waals surface area contributed by atoms with Crippen molar-refractivity contribution in [2.45, 2.75) is 38.8 Å². The average molecular weight is 280 g/mol. The number of anilines is 1. The first-order valence-electron chi connectivity index (χ1n) is 6.89. The smallest absolute Gasteiger partial charge is 0.338 e. The number of hydrogen-bond donors (Lipinski definition) is 2. The van der Waals surface area contributed by atoms with Gasteiger partial charge >= 0.3 is 5.97 Å². The van der Waals surface area contributed by atoms with Crippen molar-refractivity contribution in [3.63, 3.8) is 0 Å². The van der Waals surface area contributed by atoms with E-state index in [1.165, 1.54) is 19.2 Å². The summed E-state index contributed by atoms with van der Waals surface area (Å²) in [5, 5.41) is 6.73. The van der Waals surface area contributed by atoms with Crippen LogP contribution in [0.5, 0.6) is 0 Å². The number of ether oxygens (including phenoxy) is 1. The second-order valence-corrected chi connectivity index (χ2v) is 5.34. The highest BCUT2D eigenvalue weighted by Crippen LogP contribution is 2.24. The van der Waals surface area contributed by atoms with Crippen LogP contribution >= 0.6 is 0 Å². The Morgan fingerprint density at radius 3 is 2.90 bits per heavy atom. The van der Waals surface area contributed by atoms with Crippen molar-refractivity contribution in [2.75, 3.05) is 19.0 Å². The van der Waals surface area contributed by atoms with Crippen LogP contribution in [0.3, 0.4) is 0 Å². The normalized spacial score (nSPS) is 22.4. The van der Waals surface area contributed by atoms with Crippen LogP contribution in [0.15, 0.2) is 12.1 Å². The Morgan fingerprint density at radius 1 is 1.50 bits per heavy atom. The molecule has 0 spiro atoms. The van der Waals surface area contributed by atoms with Gasteiger partial charge in [-0.15, -0.1) is 0 Å². The summed E-state index contributed by atoms with van der Waals surface area (Å²) >= 11 is 0. The second kappa shape index (κ2) is 6.22. The number of carbonyl (C=O) groups excluding carboxylic acids is 1. The van der Waals surface area contributed by atoms with Crippen molar-refractivity contribution in [2.24, 2.45) is 0 Å². The lowest BCUT2D eigenvalue weighted by Crippen LogP contribution is -2.41. The Morgan fingerprint density at radius 2 is 2.25 bits per heavy atom. The Kier molecular flexibility index (Phi) is 4.60. The topological polar surface area (TPSA) is 50.4 Å². The molecule has 1 aromatic rings. The summed E-state index contributed by atoms with van der Waals surface area (Å²) in [6.45, 7) is 4.88. The SMILES string of the molecule is COC(=O)c1cc(F)cc(NC2CCNC(C)C2)c1C. The molecule has 1 saturated heterocycles. The molecular weight excluding hydrogens is 259 g/mol. The number of rotatable bonds is 3. The molecule has 0 saturated carbocycles. The monoisotopic (exact) mass is 280 g/mol. The Balaban J connectivity index is 2.23. The average Bonchev–Trinajstić information content (AvgIpc) is 2.41. The minimum absolute atomic E-state index is 0.275. The molecule has 20 heavy (non-hydrogen) atoms. The zero-order chi connectivity index (χ0) is 14.7. The Labute approximate surface area is 118 Å². The van der Waals surface area contributed by atoms with Crippen LogP contribution in [0.2, 0.25) is 0 Å². The lowest BCUT2D eigenvalue weighted by atomic mass is 9.99. The van der Waals surface area contributed by atoms with E-state index in [-0.39, 0.29) is 11.6 Å². The summed E-state index contributed by atoms with van der Waals surface area (Å²) < 4.78 is 18.4. The lowest BCUT2D eigenvalue weighted by molar-refractivity contribution is 0.0599. The fourth-order valence-corrected chi connectivity index (χ4v) is 2.63. The maximum atomic E-state index is 13.7. The van der Waals surface area contributed by atoms with E-state index in [1.54, 1.807) is 6.92 Å². The first kappa shape index (κ1) is 14.8. The van der Waals surface area contributed by atoms with Gasteiger partial charge in [0.25, 0.3) is 0 Å².